The van der Waals surface area contributed by atoms with Gasteiger partial charge in [0.2, 0.25) is 0 Å². The lowest BCUT2D eigenvalue weighted by Crippen LogP contribution is -2.31. The maximum atomic E-state index is 9.53. The van der Waals surface area contributed by atoms with Crippen LogP contribution >= 0.6 is 11.8 Å². The average Bonchev–Trinajstić information content (AvgIpc) is 2.59. The highest BCUT2D eigenvalue weighted by Crippen LogP contribution is 2.23. The van der Waals surface area contributed by atoms with Gasteiger partial charge in [0.25, 0.3) is 0 Å². The van der Waals surface area contributed by atoms with Crippen molar-refractivity contribution in [3.63, 3.8) is 0 Å². The molecule has 5 heteroatoms. The largest absolute Gasteiger partial charge is 0.388 e. The highest BCUT2D eigenvalue weighted by molar-refractivity contribution is 7.99. The van der Waals surface area contributed by atoms with E-state index in [1.165, 1.54) is 0 Å². The number of aliphatic hydroxyl groups is 2. The van der Waals surface area contributed by atoms with Gasteiger partial charge in [-0.1, -0.05) is 0 Å². The zero-order chi connectivity index (χ0) is 10.7. The van der Waals surface area contributed by atoms with Crippen LogP contribution in [0.15, 0.2) is 29.4 Å². The molecule has 1 aliphatic rings. The van der Waals surface area contributed by atoms with E-state index < -0.39 is 12.2 Å². The van der Waals surface area contributed by atoms with E-state index in [0.29, 0.717) is 5.75 Å². The highest BCUT2D eigenvalue weighted by Gasteiger charge is 2.34. The fraction of sp³-hybridized carbons (Fsp3) is 0.500. The Hall–Kier alpha value is -0.620. The summed E-state index contributed by atoms with van der Waals surface area (Å²) in [6.07, 6.45) is 1.66. The third-order valence-electron chi connectivity index (χ3n) is 2.32. The van der Waals surface area contributed by atoms with Crippen molar-refractivity contribution in [3.05, 3.63) is 24.5 Å². The number of aromatic nitrogens is 1. The average molecular weight is 227 g/mol. The molecular formula is C10H13NO3S. The van der Waals surface area contributed by atoms with Crippen LogP contribution in [0.3, 0.4) is 0 Å². The number of thioether (sulfide) groups is 1. The summed E-state index contributed by atoms with van der Waals surface area (Å²) in [5.74, 6) is 0.641. The van der Waals surface area contributed by atoms with Crippen LogP contribution < -0.4 is 0 Å². The van der Waals surface area contributed by atoms with Gasteiger partial charge in [-0.2, -0.15) is 0 Å². The normalized spacial score (nSPS) is 30.7. The molecule has 2 N–H and O–H groups in total. The van der Waals surface area contributed by atoms with Crippen molar-refractivity contribution in [3.8, 4) is 0 Å². The smallest absolute Gasteiger partial charge is 0.109 e. The molecule has 1 aromatic heterocycles. The molecule has 4 nitrogen and oxygen atoms in total. The molecule has 0 radical (unpaired) electrons. The molecule has 0 aromatic carbocycles. The number of rotatable bonds is 3. The first-order chi connectivity index (χ1) is 7.27. The van der Waals surface area contributed by atoms with Gasteiger partial charge in [-0.3, -0.25) is 4.98 Å². The first-order valence-electron chi connectivity index (χ1n) is 4.78. The van der Waals surface area contributed by atoms with E-state index in [1.54, 1.807) is 24.2 Å². The van der Waals surface area contributed by atoms with Gasteiger partial charge in [0.1, 0.15) is 12.2 Å². The van der Waals surface area contributed by atoms with E-state index in [9.17, 15) is 10.2 Å². The molecule has 1 saturated heterocycles. The van der Waals surface area contributed by atoms with E-state index in [-0.39, 0.29) is 12.7 Å². The van der Waals surface area contributed by atoms with Gasteiger partial charge in [0.15, 0.2) is 0 Å². The molecule has 0 bridgehead atoms. The van der Waals surface area contributed by atoms with Crippen molar-refractivity contribution in [1.29, 1.82) is 0 Å². The summed E-state index contributed by atoms with van der Waals surface area (Å²) < 4.78 is 5.26. The van der Waals surface area contributed by atoms with E-state index in [4.69, 9.17) is 4.74 Å². The molecular weight excluding hydrogens is 214 g/mol. The van der Waals surface area contributed by atoms with Gasteiger partial charge in [-0.25, -0.2) is 0 Å². The molecule has 1 aromatic rings. The van der Waals surface area contributed by atoms with E-state index in [1.807, 2.05) is 12.1 Å². The first kappa shape index (κ1) is 10.9. The molecule has 1 fully saturated rings. The van der Waals surface area contributed by atoms with Crippen LogP contribution in [0.4, 0.5) is 0 Å². The molecule has 2 heterocycles. The Balaban J connectivity index is 1.84. The summed E-state index contributed by atoms with van der Waals surface area (Å²) >= 11 is 1.59. The van der Waals surface area contributed by atoms with E-state index >= 15 is 0 Å². The number of pyridine rings is 1. The molecule has 82 valence electrons. The van der Waals surface area contributed by atoms with Gasteiger partial charge in [0, 0.05) is 23.0 Å². The van der Waals surface area contributed by atoms with Gasteiger partial charge < -0.3 is 14.9 Å². The van der Waals surface area contributed by atoms with Crippen LogP contribution in [-0.2, 0) is 4.74 Å². The standard InChI is InChI=1S/C10H13NO3S/c12-8-5-14-9(10(8)13)6-15-7-1-3-11-4-2-7/h1-4,8-10,12-13H,5-6H2. The second-order valence-electron chi connectivity index (χ2n) is 3.42. The Morgan fingerprint density at radius 1 is 1.40 bits per heavy atom. The van der Waals surface area contributed by atoms with Gasteiger partial charge >= 0.3 is 0 Å². The summed E-state index contributed by atoms with van der Waals surface area (Å²) in [7, 11) is 0. The quantitative estimate of drug-likeness (QED) is 0.727. The minimum Gasteiger partial charge on any atom is -0.388 e. The van der Waals surface area contributed by atoms with Crippen LogP contribution in [0.5, 0.6) is 0 Å². The molecule has 0 amide bonds. The number of ether oxygens (including phenoxy) is 1. The van der Waals surface area contributed by atoms with Gasteiger partial charge in [-0.15, -0.1) is 11.8 Å². The lowest BCUT2D eigenvalue weighted by Gasteiger charge is -2.13. The number of aliphatic hydroxyl groups excluding tert-OH is 2. The number of nitrogens with zero attached hydrogens (tertiary/aromatic N) is 1. The second kappa shape index (κ2) is 4.94. The molecule has 1 aliphatic heterocycles. The Morgan fingerprint density at radius 3 is 2.73 bits per heavy atom. The SMILES string of the molecule is OC1COC(CSc2ccncc2)C1O. The minimum atomic E-state index is -0.765. The minimum absolute atomic E-state index is 0.225. The lowest BCUT2D eigenvalue weighted by molar-refractivity contribution is 0.0337. The maximum Gasteiger partial charge on any atom is 0.109 e. The maximum absolute atomic E-state index is 9.53. The Morgan fingerprint density at radius 2 is 2.13 bits per heavy atom. The number of hydrogen-bond acceptors (Lipinski definition) is 5. The molecule has 3 unspecified atom stereocenters. The highest BCUT2D eigenvalue weighted by atomic mass is 32.2. The van der Waals surface area contributed by atoms with Crippen LogP contribution in [0.2, 0.25) is 0 Å². The van der Waals surface area contributed by atoms with Crippen molar-refractivity contribution >= 4 is 11.8 Å². The zero-order valence-electron chi connectivity index (χ0n) is 8.11. The fourth-order valence-electron chi connectivity index (χ4n) is 1.43. The van der Waals surface area contributed by atoms with Crippen molar-refractivity contribution < 1.29 is 14.9 Å². The van der Waals surface area contributed by atoms with Crippen LogP contribution in [-0.4, -0.2) is 45.9 Å². The van der Waals surface area contributed by atoms with Crippen molar-refractivity contribution in [1.82, 2.24) is 4.98 Å². The molecule has 2 rings (SSSR count). The Bertz CT molecular complexity index is 309. The summed E-state index contributed by atoms with van der Waals surface area (Å²) in [4.78, 5) is 5.00. The van der Waals surface area contributed by atoms with Crippen LogP contribution in [0.1, 0.15) is 0 Å². The molecule has 0 saturated carbocycles. The predicted molar refractivity (Wildman–Crippen MR) is 56.7 cm³/mol. The third-order valence-corrected chi connectivity index (χ3v) is 3.42. The molecule has 0 spiro atoms. The summed E-state index contributed by atoms with van der Waals surface area (Å²) in [6.45, 7) is 0.225. The summed E-state index contributed by atoms with van der Waals surface area (Å²) in [5.41, 5.74) is 0. The monoisotopic (exact) mass is 227 g/mol. The third kappa shape index (κ3) is 2.69. The van der Waals surface area contributed by atoms with Crippen molar-refractivity contribution in [2.24, 2.45) is 0 Å². The molecule has 15 heavy (non-hydrogen) atoms. The van der Waals surface area contributed by atoms with Gasteiger partial charge in [0.05, 0.1) is 12.7 Å². The molecule has 3 atom stereocenters. The predicted octanol–water partition coefficient (Wildman–Crippen LogP) is 0.294. The summed E-state index contributed by atoms with van der Waals surface area (Å²) in [5, 5.41) is 18.8. The topological polar surface area (TPSA) is 62.6 Å². The summed E-state index contributed by atoms with van der Waals surface area (Å²) in [6, 6.07) is 3.81. The Kier molecular flexibility index (Phi) is 3.58. The van der Waals surface area contributed by atoms with Crippen LogP contribution in [0.25, 0.3) is 0 Å². The van der Waals surface area contributed by atoms with E-state index in [2.05, 4.69) is 4.98 Å². The van der Waals surface area contributed by atoms with Gasteiger partial charge in [-0.05, 0) is 12.1 Å². The van der Waals surface area contributed by atoms with Crippen molar-refractivity contribution in [2.45, 2.75) is 23.2 Å². The number of hydrogen-bond donors (Lipinski definition) is 2. The Labute approximate surface area is 92.3 Å². The van der Waals surface area contributed by atoms with Crippen LogP contribution in [0, 0.1) is 0 Å². The van der Waals surface area contributed by atoms with E-state index in [0.717, 1.165) is 4.90 Å². The van der Waals surface area contributed by atoms with Crippen molar-refractivity contribution in [2.75, 3.05) is 12.4 Å². The fourth-order valence-corrected chi connectivity index (χ4v) is 2.39. The lowest BCUT2D eigenvalue weighted by atomic mass is 10.2. The second-order valence-corrected chi connectivity index (χ2v) is 4.52. The zero-order valence-corrected chi connectivity index (χ0v) is 8.93. The first-order valence-corrected chi connectivity index (χ1v) is 5.76. The molecule has 0 aliphatic carbocycles.